The van der Waals surface area contributed by atoms with Crippen LogP contribution in [-0.4, -0.2) is 25.0 Å². The molecular weight excluding hydrogens is 251 g/mol. The highest BCUT2D eigenvalue weighted by Crippen LogP contribution is 2.28. The summed E-state index contributed by atoms with van der Waals surface area (Å²) in [5.41, 5.74) is 2.63. The van der Waals surface area contributed by atoms with Crippen molar-refractivity contribution in [1.29, 1.82) is 0 Å². The van der Waals surface area contributed by atoms with Gasteiger partial charge in [-0.25, -0.2) is 0 Å². The molecule has 0 aliphatic heterocycles. The number of benzene rings is 1. The lowest BCUT2D eigenvalue weighted by molar-refractivity contribution is -0.192. The molecule has 1 aromatic carbocycles. The number of aromatic hydroxyl groups is 1. The normalized spacial score (nSPS) is 13.4. The molecule has 102 valence electrons. The van der Waals surface area contributed by atoms with Crippen molar-refractivity contribution in [3.63, 3.8) is 0 Å². The molecular formula is C11H14F3NO3. The van der Waals surface area contributed by atoms with Crippen LogP contribution in [0, 0.1) is 0 Å². The van der Waals surface area contributed by atoms with E-state index < -0.39 is 18.8 Å². The third-order valence-electron chi connectivity index (χ3n) is 2.20. The molecule has 0 radical (unpaired) electrons. The van der Waals surface area contributed by atoms with Gasteiger partial charge >= 0.3 is 6.18 Å². The van der Waals surface area contributed by atoms with Crippen LogP contribution in [0.4, 0.5) is 13.2 Å². The van der Waals surface area contributed by atoms with Gasteiger partial charge in [-0.1, -0.05) is 6.07 Å². The molecule has 7 heteroatoms. The first-order chi connectivity index (χ1) is 8.33. The number of phenolic OH excluding ortho intramolecular Hbond substituents is 1. The average molecular weight is 265 g/mol. The second-order valence-corrected chi connectivity index (χ2v) is 3.67. The second-order valence-electron chi connectivity index (χ2n) is 3.67. The van der Waals surface area contributed by atoms with Gasteiger partial charge in [0, 0.05) is 11.6 Å². The summed E-state index contributed by atoms with van der Waals surface area (Å²) in [4.78, 5) is 4.31. The van der Waals surface area contributed by atoms with Crippen molar-refractivity contribution in [2.24, 2.45) is 0 Å². The Labute approximate surface area is 102 Å². The Morgan fingerprint density at radius 1 is 1.39 bits per heavy atom. The maximum atomic E-state index is 11.9. The molecule has 2 N–H and O–H groups in total. The van der Waals surface area contributed by atoms with E-state index in [1.54, 1.807) is 19.1 Å². The van der Waals surface area contributed by atoms with Gasteiger partial charge in [0.25, 0.3) is 0 Å². The molecule has 18 heavy (non-hydrogen) atoms. The fourth-order valence-electron chi connectivity index (χ4n) is 1.33. The van der Waals surface area contributed by atoms with E-state index in [9.17, 15) is 18.3 Å². The number of methoxy groups -OCH3 is 1. The Morgan fingerprint density at radius 3 is 2.56 bits per heavy atom. The van der Waals surface area contributed by atoms with Crippen LogP contribution in [-0.2, 0) is 4.84 Å². The first kappa shape index (κ1) is 14.6. The lowest BCUT2D eigenvalue weighted by Gasteiger charge is -2.16. The molecule has 0 heterocycles. The molecule has 0 bridgehead atoms. The summed E-state index contributed by atoms with van der Waals surface area (Å²) in [6, 6.07) is 3.93. The van der Waals surface area contributed by atoms with E-state index in [-0.39, 0.29) is 5.75 Å². The molecule has 0 aliphatic carbocycles. The van der Waals surface area contributed by atoms with Crippen molar-refractivity contribution < 1.29 is 27.9 Å². The fraction of sp³-hybridized carbons (Fsp3) is 0.455. The van der Waals surface area contributed by atoms with Crippen molar-refractivity contribution in [2.75, 3.05) is 13.7 Å². The quantitative estimate of drug-likeness (QED) is 0.803. The van der Waals surface area contributed by atoms with Crippen LogP contribution < -0.4 is 10.2 Å². The van der Waals surface area contributed by atoms with Crippen molar-refractivity contribution in [2.45, 2.75) is 19.1 Å². The van der Waals surface area contributed by atoms with Gasteiger partial charge in [-0.15, -0.1) is 0 Å². The molecule has 0 fully saturated rings. The lowest BCUT2D eigenvalue weighted by Crippen LogP contribution is -2.26. The standard InChI is InChI=1S/C11H14F3NO3/c1-7(15-18-6-11(12,13)14)9-4-3-8(17-2)5-10(9)16/h3-5,7,15-16H,6H2,1-2H3. The summed E-state index contributed by atoms with van der Waals surface area (Å²) < 4.78 is 40.5. The van der Waals surface area contributed by atoms with Crippen molar-refractivity contribution >= 4 is 0 Å². The maximum absolute atomic E-state index is 11.9. The monoisotopic (exact) mass is 265 g/mol. The number of phenols is 1. The van der Waals surface area contributed by atoms with Gasteiger partial charge < -0.3 is 9.84 Å². The van der Waals surface area contributed by atoms with Crippen LogP contribution >= 0.6 is 0 Å². The van der Waals surface area contributed by atoms with Crippen molar-refractivity contribution in [3.05, 3.63) is 23.8 Å². The third kappa shape index (κ3) is 4.42. The highest BCUT2D eigenvalue weighted by molar-refractivity contribution is 5.41. The number of ether oxygens (including phenoxy) is 1. The molecule has 0 aromatic heterocycles. The van der Waals surface area contributed by atoms with Gasteiger partial charge in [-0.2, -0.15) is 18.7 Å². The second kappa shape index (κ2) is 5.92. The predicted octanol–water partition coefficient (Wildman–Crippen LogP) is 2.55. The molecule has 0 saturated heterocycles. The van der Waals surface area contributed by atoms with Gasteiger partial charge in [0.15, 0.2) is 6.61 Å². The van der Waals surface area contributed by atoms with Crippen LogP contribution in [0.2, 0.25) is 0 Å². The van der Waals surface area contributed by atoms with Crippen molar-refractivity contribution in [3.8, 4) is 11.5 Å². The zero-order valence-corrected chi connectivity index (χ0v) is 9.91. The third-order valence-corrected chi connectivity index (χ3v) is 2.20. The Morgan fingerprint density at radius 2 is 2.06 bits per heavy atom. The Kier molecular flexibility index (Phi) is 4.80. The molecule has 0 amide bonds. The minimum Gasteiger partial charge on any atom is -0.507 e. The summed E-state index contributed by atoms with van der Waals surface area (Å²) in [7, 11) is 1.45. The Hall–Kier alpha value is -1.47. The maximum Gasteiger partial charge on any atom is 0.413 e. The molecule has 1 aromatic rings. The van der Waals surface area contributed by atoms with Gasteiger partial charge in [-0.3, -0.25) is 4.84 Å². The highest BCUT2D eigenvalue weighted by atomic mass is 19.4. The highest BCUT2D eigenvalue weighted by Gasteiger charge is 2.28. The van der Waals surface area contributed by atoms with Gasteiger partial charge in [0.2, 0.25) is 0 Å². The number of halogens is 3. The van der Waals surface area contributed by atoms with E-state index in [0.29, 0.717) is 11.3 Å². The van der Waals surface area contributed by atoms with Crippen LogP contribution in [0.15, 0.2) is 18.2 Å². The van der Waals surface area contributed by atoms with E-state index in [2.05, 4.69) is 10.3 Å². The van der Waals surface area contributed by atoms with Crippen LogP contribution in [0.5, 0.6) is 11.5 Å². The van der Waals surface area contributed by atoms with Crippen molar-refractivity contribution in [1.82, 2.24) is 5.48 Å². The molecule has 0 saturated carbocycles. The minimum atomic E-state index is -4.39. The van der Waals surface area contributed by atoms with Gasteiger partial charge in [-0.05, 0) is 13.0 Å². The SMILES string of the molecule is COc1ccc(C(C)NOCC(F)(F)F)c(O)c1. The number of nitrogens with one attached hydrogen (secondary N) is 1. The topological polar surface area (TPSA) is 50.7 Å². The summed E-state index contributed by atoms with van der Waals surface area (Å²) in [6.45, 7) is 0.173. The summed E-state index contributed by atoms with van der Waals surface area (Å²) in [6.07, 6.45) is -4.39. The predicted molar refractivity (Wildman–Crippen MR) is 58.2 cm³/mol. The zero-order valence-electron chi connectivity index (χ0n) is 9.91. The number of hydroxylamine groups is 1. The van der Waals surface area contributed by atoms with Gasteiger partial charge in [0.1, 0.15) is 11.5 Å². The largest absolute Gasteiger partial charge is 0.507 e. The minimum absolute atomic E-state index is 0.0787. The fourth-order valence-corrected chi connectivity index (χ4v) is 1.33. The van der Waals surface area contributed by atoms with Crippen LogP contribution in [0.25, 0.3) is 0 Å². The van der Waals surface area contributed by atoms with E-state index in [4.69, 9.17) is 4.74 Å². The van der Waals surface area contributed by atoms with E-state index in [1.807, 2.05) is 0 Å². The summed E-state index contributed by atoms with van der Waals surface area (Å²) in [5, 5.41) is 9.65. The number of hydrogen-bond acceptors (Lipinski definition) is 4. The number of rotatable bonds is 5. The van der Waals surface area contributed by atoms with Crippen LogP contribution in [0.1, 0.15) is 18.5 Å². The smallest absolute Gasteiger partial charge is 0.413 e. The summed E-state index contributed by atoms with van der Waals surface area (Å²) in [5.74, 6) is 0.379. The lowest BCUT2D eigenvalue weighted by atomic mass is 10.1. The van der Waals surface area contributed by atoms with E-state index >= 15 is 0 Å². The first-order valence-electron chi connectivity index (χ1n) is 5.14. The molecule has 1 atom stereocenters. The van der Waals surface area contributed by atoms with E-state index in [0.717, 1.165) is 0 Å². The molecule has 1 unspecified atom stereocenters. The molecule has 0 spiro atoms. The molecule has 0 aliphatic rings. The molecule has 1 rings (SSSR count). The Bertz CT molecular complexity index is 396. The summed E-state index contributed by atoms with van der Waals surface area (Å²) >= 11 is 0. The molecule has 4 nitrogen and oxygen atoms in total. The number of alkyl halides is 3. The zero-order chi connectivity index (χ0) is 13.8. The average Bonchev–Trinajstić information content (AvgIpc) is 2.26. The van der Waals surface area contributed by atoms with Crippen LogP contribution in [0.3, 0.4) is 0 Å². The Balaban J connectivity index is 2.59. The van der Waals surface area contributed by atoms with Gasteiger partial charge in [0.05, 0.1) is 13.2 Å². The van der Waals surface area contributed by atoms with E-state index in [1.165, 1.54) is 13.2 Å². The first-order valence-corrected chi connectivity index (χ1v) is 5.14. The number of hydrogen-bond donors (Lipinski definition) is 2.